The Balaban J connectivity index is 0.00000300. The third-order valence-corrected chi connectivity index (χ3v) is 5.67. The second-order valence-corrected chi connectivity index (χ2v) is 7.61. The smallest absolute Gasteiger partial charge is 0.191 e. The fraction of sp³-hybridized carbons (Fsp3) is 0.435. The Morgan fingerprint density at radius 1 is 1.07 bits per heavy atom. The molecule has 0 amide bonds. The zero-order valence-electron chi connectivity index (χ0n) is 17.4. The van der Waals surface area contributed by atoms with Crippen molar-refractivity contribution < 1.29 is 9.13 Å². The Labute approximate surface area is 190 Å². The average Bonchev–Trinajstić information content (AvgIpc) is 2.70. The molecule has 1 aliphatic rings. The minimum atomic E-state index is -0.204. The van der Waals surface area contributed by atoms with Crippen LogP contribution in [-0.2, 0) is 16.7 Å². The van der Waals surface area contributed by atoms with Crippen LogP contribution in [0.4, 0.5) is 4.39 Å². The van der Waals surface area contributed by atoms with Crippen LogP contribution in [0.1, 0.15) is 35.1 Å². The Morgan fingerprint density at radius 3 is 2.38 bits per heavy atom. The summed E-state index contributed by atoms with van der Waals surface area (Å²) in [6, 6.07) is 13.4. The predicted octanol–water partition coefficient (Wildman–Crippen LogP) is 4.47. The van der Waals surface area contributed by atoms with Gasteiger partial charge in [0, 0.05) is 38.8 Å². The molecule has 0 unspecified atom stereocenters. The molecular weight excluding hydrogens is 480 g/mol. The van der Waals surface area contributed by atoms with Crippen LogP contribution in [0.25, 0.3) is 0 Å². The van der Waals surface area contributed by atoms with Crippen molar-refractivity contribution in [3.63, 3.8) is 0 Å². The summed E-state index contributed by atoms with van der Waals surface area (Å²) in [6.45, 7) is 7.12. The van der Waals surface area contributed by atoms with Gasteiger partial charge in [0.2, 0.25) is 0 Å². The number of nitrogens with zero attached hydrogens (tertiary/aromatic N) is 1. The Hall–Kier alpha value is -1.67. The third kappa shape index (κ3) is 6.15. The largest absolute Gasteiger partial charge is 0.381 e. The molecule has 6 heteroatoms. The standard InChI is InChI=1S/C23H30FN3O.HI/c1-17-4-5-19(18(2)14-17)15-26-22(25-3)27-16-23(10-12-28-13-11-23)20-6-8-21(24)9-7-20;/h4-9,14H,10-13,15-16H2,1-3H3,(H2,25,26,27);1H. The maximum absolute atomic E-state index is 13.4. The van der Waals surface area contributed by atoms with Crippen LogP contribution < -0.4 is 10.6 Å². The molecule has 0 saturated carbocycles. The van der Waals surface area contributed by atoms with Crippen LogP contribution >= 0.6 is 24.0 Å². The van der Waals surface area contributed by atoms with E-state index in [0.29, 0.717) is 13.2 Å². The summed E-state index contributed by atoms with van der Waals surface area (Å²) in [5, 5.41) is 6.89. The second kappa shape index (κ2) is 10.9. The number of aryl methyl sites for hydroxylation is 2. The fourth-order valence-corrected chi connectivity index (χ4v) is 3.83. The molecule has 1 aliphatic heterocycles. The third-order valence-electron chi connectivity index (χ3n) is 5.67. The summed E-state index contributed by atoms with van der Waals surface area (Å²) in [4.78, 5) is 4.38. The average molecular weight is 511 g/mol. The van der Waals surface area contributed by atoms with E-state index in [1.54, 1.807) is 19.2 Å². The van der Waals surface area contributed by atoms with Crippen molar-refractivity contribution in [1.82, 2.24) is 10.6 Å². The number of nitrogens with one attached hydrogen (secondary N) is 2. The van der Waals surface area contributed by atoms with Gasteiger partial charge in [0.05, 0.1) is 0 Å². The molecule has 0 bridgehead atoms. The summed E-state index contributed by atoms with van der Waals surface area (Å²) in [7, 11) is 1.78. The molecule has 0 aromatic heterocycles. The molecule has 2 N–H and O–H groups in total. The number of ether oxygens (including phenoxy) is 1. The SMILES string of the molecule is CN=C(NCc1ccc(C)cc1C)NCC1(c2ccc(F)cc2)CCOCC1.I. The lowest BCUT2D eigenvalue weighted by Crippen LogP contribution is -2.48. The maximum atomic E-state index is 13.4. The van der Waals surface area contributed by atoms with Crippen molar-refractivity contribution in [3.8, 4) is 0 Å². The van der Waals surface area contributed by atoms with Crippen molar-refractivity contribution in [3.05, 3.63) is 70.5 Å². The number of guanidine groups is 1. The number of halogens is 2. The van der Waals surface area contributed by atoms with Gasteiger partial charge in [0.15, 0.2) is 5.96 Å². The monoisotopic (exact) mass is 511 g/mol. The number of hydrogen-bond donors (Lipinski definition) is 2. The first-order valence-corrected chi connectivity index (χ1v) is 9.87. The molecular formula is C23H31FIN3O. The van der Waals surface area contributed by atoms with Crippen LogP contribution in [0.2, 0.25) is 0 Å². The van der Waals surface area contributed by atoms with E-state index < -0.39 is 0 Å². The van der Waals surface area contributed by atoms with E-state index >= 15 is 0 Å². The van der Waals surface area contributed by atoms with Gasteiger partial charge in [-0.1, -0.05) is 35.9 Å². The maximum Gasteiger partial charge on any atom is 0.191 e. The Kier molecular flexibility index (Phi) is 8.89. The molecule has 2 aromatic carbocycles. The van der Waals surface area contributed by atoms with Gasteiger partial charge in [-0.15, -0.1) is 24.0 Å². The van der Waals surface area contributed by atoms with Crippen molar-refractivity contribution >= 4 is 29.9 Å². The highest BCUT2D eigenvalue weighted by Crippen LogP contribution is 2.34. The normalized spacial score (nSPS) is 16.1. The second-order valence-electron chi connectivity index (χ2n) is 7.61. The van der Waals surface area contributed by atoms with Gasteiger partial charge in [0.1, 0.15) is 5.82 Å². The van der Waals surface area contributed by atoms with Crippen LogP contribution in [-0.4, -0.2) is 32.8 Å². The number of aliphatic imine (C=N–C) groups is 1. The van der Waals surface area contributed by atoms with Crippen LogP contribution in [0.15, 0.2) is 47.5 Å². The lowest BCUT2D eigenvalue weighted by atomic mass is 9.74. The molecule has 0 atom stereocenters. The summed E-state index contributed by atoms with van der Waals surface area (Å²) >= 11 is 0. The van der Waals surface area contributed by atoms with Crippen LogP contribution in [0.3, 0.4) is 0 Å². The minimum Gasteiger partial charge on any atom is -0.381 e. The van der Waals surface area contributed by atoms with E-state index in [0.717, 1.165) is 37.5 Å². The predicted molar refractivity (Wildman–Crippen MR) is 128 cm³/mol. The van der Waals surface area contributed by atoms with Gasteiger partial charge in [-0.05, 0) is 55.5 Å². The van der Waals surface area contributed by atoms with E-state index in [-0.39, 0.29) is 35.2 Å². The van der Waals surface area contributed by atoms with Crippen molar-refractivity contribution in [2.45, 2.75) is 38.6 Å². The Morgan fingerprint density at radius 2 is 1.76 bits per heavy atom. The van der Waals surface area contributed by atoms with Gasteiger partial charge < -0.3 is 15.4 Å². The minimum absolute atomic E-state index is 0. The molecule has 1 heterocycles. The summed E-state index contributed by atoms with van der Waals surface area (Å²) in [6.07, 6.45) is 1.80. The summed E-state index contributed by atoms with van der Waals surface area (Å²) in [5.74, 6) is 0.567. The highest BCUT2D eigenvalue weighted by atomic mass is 127. The van der Waals surface area contributed by atoms with E-state index in [1.807, 2.05) is 12.1 Å². The topological polar surface area (TPSA) is 45.7 Å². The molecule has 1 saturated heterocycles. The lowest BCUT2D eigenvalue weighted by molar-refractivity contribution is 0.0513. The van der Waals surface area contributed by atoms with Crippen molar-refractivity contribution in [1.29, 1.82) is 0 Å². The van der Waals surface area contributed by atoms with Gasteiger partial charge in [-0.2, -0.15) is 0 Å². The molecule has 2 aromatic rings. The van der Waals surface area contributed by atoms with Gasteiger partial charge >= 0.3 is 0 Å². The summed E-state index contributed by atoms with van der Waals surface area (Å²) in [5.41, 5.74) is 4.87. The molecule has 4 nitrogen and oxygen atoms in total. The van der Waals surface area contributed by atoms with E-state index in [4.69, 9.17) is 4.74 Å². The zero-order valence-corrected chi connectivity index (χ0v) is 19.8. The summed E-state index contributed by atoms with van der Waals surface area (Å²) < 4.78 is 19.0. The molecule has 3 rings (SSSR count). The van der Waals surface area contributed by atoms with Crippen LogP contribution in [0, 0.1) is 19.7 Å². The number of rotatable bonds is 5. The molecule has 1 fully saturated rings. The van der Waals surface area contributed by atoms with Crippen molar-refractivity contribution in [2.24, 2.45) is 4.99 Å². The molecule has 29 heavy (non-hydrogen) atoms. The first kappa shape index (κ1) is 23.6. The zero-order chi connectivity index (χ0) is 20.0. The highest BCUT2D eigenvalue weighted by Gasteiger charge is 2.34. The highest BCUT2D eigenvalue weighted by molar-refractivity contribution is 14.0. The number of benzene rings is 2. The first-order chi connectivity index (χ1) is 13.5. The first-order valence-electron chi connectivity index (χ1n) is 9.87. The molecule has 0 aliphatic carbocycles. The Bertz CT molecular complexity index is 817. The number of hydrogen-bond acceptors (Lipinski definition) is 2. The van der Waals surface area contributed by atoms with Crippen LogP contribution in [0.5, 0.6) is 0 Å². The quantitative estimate of drug-likeness (QED) is 0.354. The fourth-order valence-electron chi connectivity index (χ4n) is 3.83. The van der Waals surface area contributed by atoms with Crippen molar-refractivity contribution in [2.75, 3.05) is 26.8 Å². The van der Waals surface area contributed by atoms with Gasteiger partial charge in [-0.3, -0.25) is 4.99 Å². The van der Waals surface area contributed by atoms with Gasteiger partial charge in [-0.25, -0.2) is 4.39 Å². The molecule has 0 spiro atoms. The lowest BCUT2D eigenvalue weighted by Gasteiger charge is -2.38. The molecule has 0 radical (unpaired) electrons. The van der Waals surface area contributed by atoms with E-state index in [9.17, 15) is 4.39 Å². The van der Waals surface area contributed by atoms with Gasteiger partial charge in [0.25, 0.3) is 0 Å². The molecule has 158 valence electrons. The van der Waals surface area contributed by atoms with E-state index in [1.165, 1.54) is 16.7 Å². The van der Waals surface area contributed by atoms with E-state index in [2.05, 4.69) is 47.7 Å².